The first-order valence-electron chi connectivity index (χ1n) is 14.9. The summed E-state index contributed by atoms with van der Waals surface area (Å²) in [6, 6.07) is 6.61. The quantitative estimate of drug-likeness (QED) is 0.349. The van der Waals surface area contributed by atoms with Gasteiger partial charge in [-0.2, -0.15) is 0 Å². The number of carbonyl (C=O) groups is 3. The van der Waals surface area contributed by atoms with Gasteiger partial charge in [-0.25, -0.2) is 0 Å². The highest BCUT2D eigenvalue weighted by Gasteiger charge is 2.74. The summed E-state index contributed by atoms with van der Waals surface area (Å²) >= 11 is 0. The van der Waals surface area contributed by atoms with Gasteiger partial charge in [-0.15, -0.1) is 0 Å². The van der Waals surface area contributed by atoms with Crippen molar-refractivity contribution < 1.29 is 29.0 Å². The lowest BCUT2D eigenvalue weighted by Crippen LogP contribution is -2.57. The monoisotopic (exact) mass is 541 g/mol. The van der Waals surface area contributed by atoms with E-state index in [0.29, 0.717) is 31.7 Å². The van der Waals surface area contributed by atoms with Gasteiger partial charge in [0, 0.05) is 24.9 Å². The Hall–Kier alpha value is -2.65. The lowest BCUT2D eigenvalue weighted by Gasteiger charge is -2.35. The van der Waals surface area contributed by atoms with Gasteiger partial charge in [-0.3, -0.25) is 14.4 Å². The molecule has 1 aromatic rings. The molecular formula is C30H43N3O6. The van der Waals surface area contributed by atoms with E-state index in [1.807, 2.05) is 19.1 Å². The van der Waals surface area contributed by atoms with E-state index in [-0.39, 0.29) is 36.5 Å². The number of nitrogens with one attached hydrogen (secondary N) is 2. The first-order chi connectivity index (χ1) is 19.0. The minimum atomic E-state index is -0.966. The summed E-state index contributed by atoms with van der Waals surface area (Å²) in [4.78, 5) is 43.2. The number of hydrogen-bond donors (Lipinski definition) is 3. The molecule has 214 valence electrons. The molecule has 5 rings (SSSR count). The Bertz CT molecular complexity index is 1030. The van der Waals surface area contributed by atoms with Crippen LogP contribution in [-0.4, -0.2) is 71.3 Å². The molecule has 39 heavy (non-hydrogen) atoms. The predicted octanol–water partition coefficient (Wildman–Crippen LogP) is 3.40. The highest BCUT2D eigenvalue weighted by molar-refractivity contribution is 6.02. The zero-order chi connectivity index (χ0) is 27.4. The van der Waals surface area contributed by atoms with Crippen LogP contribution in [0.1, 0.15) is 77.6 Å². The van der Waals surface area contributed by atoms with E-state index < -0.39 is 23.5 Å². The minimum absolute atomic E-state index is 0.126. The second-order valence-corrected chi connectivity index (χ2v) is 11.5. The molecule has 0 aromatic heterocycles. The number of amides is 3. The summed E-state index contributed by atoms with van der Waals surface area (Å²) in [7, 11) is 0. The van der Waals surface area contributed by atoms with Gasteiger partial charge in [0.15, 0.2) is 0 Å². The zero-order valence-electron chi connectivity index (χ0n) is 23.0. The lowest BCUT2D eigenvalue weighted by atomic mass is 9.70. The zero-order valence-corrected chi connectivity index (χ0v) is 23.0. The van der Waals surface area contributed by atoms with E-state index in [2.05, 4.69) is 10.6 Å². The third kappa shape index (κ3) is 5.53. The van der Waals surface area contributed by atoms with Crippen molar-refractivity contribution in [2.24, 2.45) is 11.8 Å². The molecule has 0 radical (unpaired) electrons. The topological polar surface area (TPSA) is 117 Å². The van der Waals surface area contributed by atoms with Gasteiger partial charge in [0.2, 0.25) is 17.7 Å². The highest BCUT2D eigenvalue weighted by Crippen LogP contribution is 2.58. The fourth-order valence-corrected chi connectivity index (χ4v) is 7.30. The largest absolute Gasteiger partial charge is 0.494 e. The van der Waals surface area contributed by atoms with Crippen molar-refractivity contribution in [1.29, 1.82) is 0 Å². The van der Waals surface area contributed by atoms with Gasteiger partial charge in [-0.1, -0.05) is 32.1 Å². The number of anilines is 1. The molecular weight excluding hydrogens is 498 g/mol. The summed E-state index contributed by atoms with van der Waals surface area (Å²) < 4.78 is 12.0. The summed E-state index contributed by atoms with van der Waals surface area (Å²) in [5, 5.41) is 15.4. The Kier molecular flexibility index (Phi) is 8.76. The van der Waals surface area contributed by atoms with E-state index >= 15 is 0 Å². The summed E-state index contributed by atoms with van der Waals surface area (Å²) in [5.74, 6) is -1.09. The molecule has 5 atom stereocenters. The number of hydrogen-bond acceptors (Lipinski definition) is 6. The predicted molar refractivity (Wildman–Crippen MR) is 146 cm³/mol. The Morgan fingerprint density at radius 3 is 2.51 bits per heavy atom. The molecule has 3 amide bonds. The fraction of sp³-hybridized carbons (Fsp3) is 0.700. The van der Waals surface area contributed by atoms with Crippen LogP contribution >= 0.6 is 0 Å². The minimum Gasteiger partial charge on any atom is -0.494 e. The van der Waals surface area contributed by atoms with Crippen LogP contribution in [0.15, 0.2) is 24.3 Å². The van der Waals surface area contributed by atoms with E-state index in [1.165, 1.54) is 6.42 Å². The SMILES string of the molecule is CCOc1ccc(NC(=O)[C@@H]2[C@H]3C(=O)N(CCCCCCO)C(C(=O)NC4CCCCC4)C34CC[C@H]2O4)cc1. The Balaban J connectivity index is 1.35. The molecule has 9 nitrogen and oxygen atoms in total. The van der Waals surface area contributed by atoms with E-state index in [9.17, 15) is 14.4 Å². The average Bonchev–Trinajstić information content (AvgIpc) is 3.58. The summed E-state index contributed by atoms with van der Waals surface area (Å²) in [6.45, 7) is 3.08. The molecule has 1 saturated carbocycles. The number of nitrogens with zero attached hydrogens (tertiary/aromatic N) is 1. The maximum Gasteiger partial charge on any atom is 0.246 e. The van der Waals surface area contributed by atoms with Crippen molar-refractivity contribution in [2.75, 3.05) is 25.1 Å². The van der Waals surface area contributed by atoms with Gasteiger partial charge >= 0.3 is 0 Å². The van der Waals surface area contributed by atoms with Gasteiger partial charge in [-0.05, 0) is 69.7 Å². The van der Waals surface area contributed by atoms with Gasteiger partial charge in [0.1, 0.15) is 17.4 Å². The second kappa shape index (κ2) is 12.3. The number of aliphatic hydroxyl groups is 1. The Labute approximate surface area is 231 Å². The first kappa shape index (κ1) is 27.9. The molecule has 4 fully saturated rings. The normalized spacial score (nSPS) is 29.9. The van der Waals surface area contributed by atoms with Gasteiger partial charge < -0.3 is 30.1 Å². The number of aliphatic hydroxyl groups excluding tert-OH is 1. The summed E-state index contributed by atoms with van der Waals surface area (Å²) in [5.41, 5.74) is -0.329. The number of likely N-dealkylation sites (tertiary alicyclic amines) is 1. The van der Waals surface area contributed by atoms with Crippen LogP contribution in [0.2, 0.25) is 0 Å². The standard InChI is InChI=1S/C30H43N3O6/c1-2-38-22-14-12-21(13-15-22)31-27(35)24-23-16-17-30(39-23)25(24)29(37)33(18-8-3-4-9-19-34)26(30)28(36)32-20-10-6-5-7-11-20/h12-15,20,23-26,34H,2-11,16-19H2,1H3,(H,31,35)(H,32,36)/t23-,24+,25+,26?,30?/m1/s1. The summed E-state index contributed by atoms with van der Waals surface area (Å²) in [6.07, 6.45) is 9.40. The number of unbranched alkanes of at least 4 members (excludes halogenated alkanes) is 3. The van der Waals surface area contributed by atoms with Crippen LogP contribution in [0.4, 0.5) is 5.69 Å². The first-order valence-corrected chi connectivity index (χ1v) is 14.9. The molecule has 4 aliphatic rings. The molecule has 3 saturated heterocycles. The molecule has 9 heteroatoms. The third-order valence-electron chi connectivity index (χ3n) is 9.04. The van der Waals surface area contributed by atoms with Crippen molar-refractivity contribution in [3.05, 3.63) is 24.3 Å². The molecule has 2 unspecified atom stereocenters. The third-order valence-corrected chi connectivity index (χ3v) is 9.04. The lowest BCUT2D eigenvalue weighted by molar-refractivity contribution is -0.142. The number of rotatable bonds is 12. The Morgan fingerprint density at radius 2 is 1.79 bits per heavy atom. The molecule has 3 heterocycles. The molecule has 1 aromatic carbocycles. The maximum absolute atomic E-state index is 14.0. The van der Waals surface area contributed by atoms with E-state index in [1.54, 1.807) is 17.0 Å². The van der Waals surface area contributed by atoms with Crippen molar-refractivity contribution >= 4 is 23.4 Å². The fourth-order valence-electron chi connectivity index (χ4n) is 7.30. The maximum atomic E-state index is 14.0. The smallest absolute Gasteiger partial charge is 0.246 e. The average molecular weight is 542 g/mol. The van der Waals surface area contributed by atoms with Crippen molar-refractivity contribution in [1.82, 2.24) is 10.2 Å². The highest BCUT2D eigenvalue weighted by atomic mass is 16.5. The van der Waals surface area contributed by atoms with Crippen LogP contribution in [0.25, 0.3) is 0 Å². The Morgan fingerprint density at radius 1 is 1.05 bits per heavy atom. The van der Waals surface area contributed by atoms with Crippen molar-refractivity contribution in [2.45, 2.75) is 101 Å². The van der Waals surface area contributed by atoms with Crippen molar-refractivity contribution in [3.8, 4) is 5.75 Å². The van der Waals surface area contributed by atoms with Crippen molar-refractivity contribution in [3.63, 3.8) is 0 Å². The van der Waals surface area contributed by atoms with E-state index in [0.717, 1.165) is 57.1 Å². The van der Waals surface area contributed by atoms with Crippen LogP contribution in [0.5, 0.6) is 5.75 Å². The molecule has 1 aliphatic carbocycles. The number of ether oxygens (including phenoxy) is 2. The molecule has 3 N–H and O–H groups in total. The van der Waals surface area contributed by atoms with Crippen LogP contribution < -0.4 is 15.4 Å². The number of carbonyl (C=O) groups excluding carboxylic acids is 3. The number of fused-ring (bicyclic) bond motifs is 1. The van der Waals surface area contributed by atoms with Crippen LogP contribution in [0, 0.1) is 11.8 Å². The van der Waals surface area contributed by atoms with Gasteiger partial charge in [0.05, 0.1) is 24.5 Å². The molecule has 2 bridgehead atoms. The second-order valence-electron chi connectivity index (χ2n) is 11.5. The number of benzene rings is 1. The molecule has 1 spiro atoms. The molecule has 3 aliphatic heterocycles. The van der Waals surface area contributed by atoms with E-state index in [4.69, 9.17) is 14.6 Å². The van der Waals surface area contributed by atoms with Crippen LogP contribution in [0.3, 0.4) is 0 Å². The van der Waals surface area contributed by atoms with Crippen LogP contribution in [-0.2, 0) is 19.1 Å². The van der Waals surface area contributed by atoms with Gasteiger partial charge in [0.25, 0.3) is 0 Å².